The molecular formula is C32H33ClN4O6S. The summed E-state index contributed by atoms with van der Waals surface area (Å²) in [5.74, 6) is 4.42. The van der Waals surface area contributed by atoms with E-state index in [1.54, 1.807) is 68.7 Å². The highest BCUT2D eigenvalue weighted by Crippen LogP contribution is 2.43. The predicted molar refractivity (Wildman–Crippen MR) is 168 cm³/mol. The number of fused-ring (bicyclic) bond motifs is 1. The van der Waals surface area contributed by atoms with Gasteiger partial charge in [0.05, 0.1) is 39.9 Å². The Kier molecular flexibility index (Phi) is 8.83. The molecule has 12 heteroatoms. The fourth-order valence-corrected chi connectivity index (χ4v) is 7.21. The predicted octanol–water partition coefficient (Wildman–Crippen LogP) is 5.17. The summed E-state index contributed by atoms with van der Waals surface area (Å²) in [6.07, 6.45) is 3.51. The molecule has 0 spiro atoms. The quantitative estimate of drug-likeness (QED) is 0.188. The van der Waals surface area contributed by atoms with Gasteiger partial charge in [-0.15, -0.1) is 0 Å². The number of pyridine rings is 1. The molecule has 230 valence electrons. The van der Waals surface area contributed by atoms with E-state index in [9.17, 15) is 23.1 Å². The van der Waals surface area contributed by atoms with Crippen LogP contribution in [0.15, 0.2) is 84.0 Å². The number of aliphatic carboxylic acids is 1. The summed E-state index contributed by atoms with van der Waals surface area (Å²) in [5.41, 5.74) is 1.23. The van der Waals surface area contributed by atoms with Crippen LogP contribution < -0.4 is 15.6 Å². The Bertz CT molecular complexity index is 1830. The van der Waals surface area contributed by atoms with E-state index in [-0.39, 0.29) is 23.4 Å². The first-order valence-electron chi connectivity index (χ1n) is 14.0. The van der Waals surface area contributed by atoms with Gasteiger partial charge in [-0.2, -0.15) is 0 Å². The van der Waals surface area contributed by atoms with Gasteiger partial charge >= 0.3 is 5.97 Å². The van der Waals surface area contributed by atoms with E-state index in [0.717, 1.165) is 10.8 Å². The number of carboxylic acids is 1. The maximum atomic E-state index is 14.7. The number of halogens is 1. The Balaban J connectivity index is 1.66. The molecule has 1 saturated heterocycles. The number of nitrogens with zero attached hydrogens (tertiary/aromatic N) is 3. The van der Waals surface area contributed by atoms with Crippen molar-refractivity contribution in [3.8, 4) is 5.75 Å². The molecule has 5 rings (SSSR count). The summed E-state index contributed by atoms with van der Waals surface area (Å²) in [7, 11) is -2.35. The van der Waals surface area contributed by atoms with Crippen LogP contribution >= 0.6 is 11.6 Å². The molecule has 1 aromatic heterocycles. The summed E-state index contributed by atoms with van der Waals surface area (Å²) in [5, 5.41) is 12.9. The van der Waals surface area contributed by atoms with Gasteiger partial charge < -0.3 is 14.7 Å². The highest BCUT2D eigenvalue weighted by Gasteiger charge is 2.46. The number of aromatic nitrogens is 1. The van der Waals surface area contributed by atoms with E-state index in [1.807, 2.05) is 18.2 Å². The van der Waals surface area contributed by atoms with Crippen LogP contribution in [0.2, 0.25) is 5.02 Å². The monoisotopic (exact) mass is 636 g/mol. The average molecular weight is 637 g/mol. The van der Waals surface area contributed by atoms with Crippen molar-refractivity contribution in [2.45, 2.75) is 42.5 Å². The Morgan fingerprint density at radius 2 is 1.84 bits per heavy atom. The van der Waals surface area contributed by atoms with Crippen LogP contribution in [0.25, 0.3) is 10.8 Å². The van der Waals surface area contributed by atoms with Crippen LogP contribution in [-0.2, 0) is 19.4 Å². The highest BCUT2D eigenvalue weighted by molar-refractivity contribution is 7.92. The molecule has 3 N–H and O–H groups in total. The number of amides is 1. The van der Waals surface area contributed by atoms with E-state index in [0.29, 0.717) is 22.0 Å². The molecule has 3 aromatic carbocycles. The second-order valence-electron chi connectivity index (χ2n) is 11.0. The first kappa shape index (κ1) is 31.2. The molecule has 2 heterocycles. The van der Waals surface area contributed by atoms with Crippen LogP contribution in [0.1, 0.15) is 43.5 Å². The first-order valence-corrected chi connectivity index (χ1v) is 16.0. The number of sulfone groups is 1. The summed E-state index contributed by atoms with van der Waals surface area (Å²) < 4.78 is 32.3. The second kappa shape index (κ2) is 12.4. The van der Waals surface area contributed by atoms with Gasteiger partial charge in [0.15, 0.2) is 9.84 Å². The van der Waals surface area contributed by atoms with Crippen molar-refractivity contribution in [2.75, 3.05) is 18.7 Å². The molecule has 10 nitrogen and oxygen atoms in total. The number of anilines is 1. The number of rotatable bonds is 9. The zero-order valence-corrected chi connectivity index (χ0v) is 26.0. The smallest absolute Gasteiger partial charge is 0.309 e. The lowest BCUT2D eigenvalue weighted by atomic mass is 9.93. The number of likely N-dealkylation sites (tertiary alicyclic amines) is 1. The van der Waals surface area contributed by atoms with E-state index in [2.05, 4.69) is 4.98 Å². The molecule has 0 radical (unpaired) electrons. The maximum Gasteiger partial charge on any atom is 0.309 e. The number of carbonyl (C=O) groups excluding carboxylic acids is 1. The first-order chi connectivity index (χ1) is 20.9. The molecule has 1 aliphatic rings. The van der Waals surface area contributed by atoms with Crippen molar-refractivity contribution < 1.29 is 27.9 Å². The molecular weight excluding hydrogens is 604 g/mol. The molecule has 0 saturated carbocycles. The third-order valence-corrected chi connectivity index (χ3v) is 10.6. The van der Waals surface area contributed by atoms with Gasteiger partial charge in [-0.1, -0.05) is 41.9 Å². The van der Waals surface area contributed by atoms with E-state index >= 15 is 0 Å². The lowest BCUT2D eigenvalue weighted by Gasteiger charge is -2.36. The van der Waals surface area contributed by atoms with Gasteiger partial charge in [0.25, 0.3) is 5.91 Å². The third-order valence-electron chi connectivity index (χ3n) is 8.09. The minimum Gasteiger partial charge on any atom is -0.495 e. The zero-order chi connectivity index (χ0) is 31.8. The van der Waals surface area contributed by atoms with Gasteiger partial charge in [-0.05, 0) is 73.2 Å². The number of hydrogen-bond donors (Lipinski definition) is 2. The molecule has 1 fully saturated rings. The lowest BCUT2D eigenvalue weighted by Crippen LogP contribution is -2.47. The maximum absolute atomic E-state index is 14.7. The van der Waals surface area contributed by atoms with Crippen LogP contribution in [-0.4, -0.2) is 54.2 Å². The van der Waals surface area contributed by atoms with Crippen LogP contribution in [0.5, 0.6) is 5.75 Å². The second-order valence-corrected chi connectivity index (χ2v) is 13.8. The van der Waals surface area contributed by atoms with Crippen molar-refractivity contribution in [2.24, 2.45) is 11.8 Å². The van der Waals surface area contributed by atoms with Gasteiger partial charge in [-0.25, -0.2) is 14.3 Å². The minimum atomic E-state index is -3.81. The van der Waals surface area contributed by atoms with Crippen molar-refractivity contribution in [1.29, 1.82) is 0 Å². The number of nitrogens with two attached hydrogens (primary N) is 1. The zero-order valence-electron chi connectivity index (χ0n) is 24.4. The van der Waals surface area contributed by atoms with Crippen molar-refractivity contribution in [3.63, 3.8) is 0 Å². The van der Waals surface area contributed by atoms with Crippen LogP contribution in [0, 0.1) is 5.92 Å². The van der Waals surface area contributed by atoms with Gasteiger partial charge in [0.2, 0.25) is 0 Å². The molecule has 1 amide bonds. The standard InChI is InChI=1S/C32H33ClN4O6S/c1-19(2)44(41,42)28-7-5-4-6-24(28)30-25(32(39)40)13-15-36(30)31(38)29(21-9-11-26(33)27(17-21)43-3)37(34)23-10-8-22-18-35-14-12-20(22)16-23/h4-12,14,16-19,25,29-30H,13,15,34H2,1-3H3,(H,39,40)/t25?,29-,30?/m1/s1. The minimum absolute atomic E-state index is 0.00315. The Morgan fingerprint density at radius 3 is 2.55 bits per heavy atom. The summed E-state index contributed by atoms with van der Waals surface area (Å²) >= 11 is 6.32. The van der Waals surface area contributed by atoms with Crippen molar-refractivity contribution >= 4 is 49.8 Å². The molecule has 3 atom stereocenters. The molecule has 0 bridgehead atoms. The van der Waals surface area contributed by atoms with Crippen LogP contribution in [0.4, 0.5) is 5.69 Å². The Labute approximate surface area is 260 Å². The average Bonchev–Trinajstić information content (AvgIpc) is 3.47. The number of methoxy groups -OCH3 is 1. The van der Waals surface area contributed by atoms with Crippen molar-refractivity contribution in [1.82, 2.24) is 9.88 Å². The topological polar surface area (TPSA) is 143 Å². The van der Waals surface area contributed by atoms with Crippen LogP contribution in [0.3, 0.4) is 0 Å². The van der Waals surface area contributed by atoms with Crippen molar-refractivity contribution in [3.05, 3.63) is 95.3 Å². The fourth-order valence-electron chi connectivity index (χ4n) is 5.73. The molecule has 2 unspecified atom stereocenters. The highest BCUT2D eigenvalue weighted by atomic mass is 35.5. The van der Waals surface area contributed by atoms with E-state index < -0.39 is 45.0 Å². The van der Waals surface area contributed by atoms with Gasteiger partial charge in [0.1, 0.15) is 11.8 Å². The largest absolute Gasteiger partial charge is 0.495 e. The Morgan fingerprint density at radius 1 is 1.09 bits per heavy atom. The summed E-state index contributed by atoms with van der Waals surface area (Å²) in [4.78, 5) is 32.9. The fraction of sp³-hybridized carbons (Fsp3) is 0.281. The number of carboxylic acid groups (broad SMARTS) is 1. The van der Waals surface area contributed by atoms with E-state index in [4.69, 9.17) is 22.2 Å². The normalized spacial score (nSPS) is 17.5. The van der Waals surface area contributed by atoms with Gasteiger partial charge in [-0.3, -0.25) is 19.6 Å². The third kappa shape index (κ3) is 5.70. The van der Waals surface area contributed by atoms with Gasteiger partial charge in [0, 0.05) is 24.3 Å². The number of hydrogen-bond acceptors (Lipinski definition) is 8. The number of hydrazine groups is 1. The summed E-state index contributed by atoms with van der Waals surface area (Å²) in [6.45, 7) is 3.21. The lowest BCUT2D eigenvalue weighted by molar-refractivity contribution is -0.143. The summed E-state index contributed by atoms with van der Waals surface area (Å²) in [6, 6.07) is 16.2. The molecule has 0 aliphatic carbocycles. The SMILES string of the molecule is COc1cc([C@H](C(=O)N2CCC(C(=O)O)C2c2ccccc2S(=O)(=O)C(C)C)N(N)c2ccc3cnccc3c2)ccc1Cl. The molecule has 1 aliphatic heterocycles. The molecule has 44 heavy (non-hydrogen) atoms. The number of carbonyl (C=O) groups is 2. The number of benzene rings is 3. The van der Waals surface area contributed by atoms with E-state index in [1.165, 1.54) is 23.1 Å². The molecule has 4 aromatic rings. The number of ether oxygens (including phenoxy) is 1. The Hall–Kier alpha value is -4.19.